The summed E-state index contributed by atoms with van der Waals surface area (Å²) in [5, 5.41) is 2.12. The van der Waals surface area contributed by atoms with Crippen LogP contribution in [0, 0.1) is 0 Å². The molecule has 3 nitrogen and oxygen atoms in total. The van der Waals surface area contributed by atoms with E-state index < -0.39 is 0 Å². The van der Waals surface area contributed by atoms with Gasteiger partial charge in [0.2, 0.25) is 0 Å². The fraction of sp³-hybridized carbons (Fsp3) is 0.667. The summed E-state index contributed by atoms with van der Waals surface area (Å²) in [5.41, 5.74) is 0. The van der Waals surface area contributed by atoms with Gasteiger partial charge in [-0.15, -0.1) is 11.8 Å². The maximum absolute atomic E-state index is 4.43. The molecule has 1 aromatic rings. The van der Waals surface area contributed by atoms with Crippen LogP contribution in [0.1, 0.15) is 25.7 Å². The molecule has 0 aromatic carbocycles. The molecule has 94 valence electrons. The Morgan fingerprint density at radius 2 is 2.35 bits per heavy atom. The second-order valence-corrected chi connectivity index (χ2v) is 5.86. The summed E-state index contributed by atoms with van der Waals surface area (Å²) in [6.45, 7) is 1.13. The van der Waals surface area contributed by atoms with E-state index in [-0.39, 0.29) is 0 Å². The van der Waals surface area contributed by atoms with Gasteiger partial charge < -0.3 is 4.90 Å². The fourth-order valence-electron chi connectivity index (χ4n) is 2.33. The van der Waals surface area contributed by atoms with E-state index in [9.17, 15) is 0 Å². The van der Waals surface area contributed by atoms with Gasteiger partial charge >= 0.3 is 0 Å². The first-order valence-electron chi connectivity index (χ1n) is 6.04. The molecule has 2 rings (SSSR count). The molecule has 0 radical (unpaired) electrons. The van der Waals surface area contributed by atoms with Gasteiger partial charge in [0.15, 0.2) is 0 Å². The summed E-state index contributed by atoms with van der Waals surface area (Å²) >= 11 is 5.22. The highest BCUT2D eigenvalue weighted by molar-refractivity contribution is 9.09. The Kier molecular flexibility index (Phi) is 5.10. The highest BCUT2D eigenvalue weighted by atomic mass is 79.9. The Balaban J connectivity index is 2.16. The molecule has 0 aliphatic carbocycles. The molecule has 0 saturated carbocycles. The van der Waals surface area contributed by atoms with Crippen molar-refractivity contribution in [3.63, 3.8) is 0 Å². The molecule has 0 N–H and O–H groups in total. The second kappa shape index (κ2) is 6.59. The van der Waals surface area contributed by atoms with E-state index in [1.54, 1.807) is 18.1 Å². The van der Waals surface area contributed by atoms with Crippen LogP contribution >= 0.6 is 27.7 Å². The maximum atomic E-state index is 4.43. The molecule has 1 aromatic heterocycles. The van der Waals surface area contributed by atoms with Crippen molar-refractivity contribution in [3.8, 4) is 0 Å². The van der Waals surface area contributed by atoms with Crippen LogP contribution in [0.2, 0.25) is 0 Å². The Labute approximate surface area is 116 Å². The molecule has 1 saturated heterocycles. The van der Waals surface area contributed by atoms with Gasteiger partial charge in [0.25, 0.3) is 0 Å². The molecule has 1 aliphatic rings. The summed E-state index contributed by atoms with van der Waals surface area (Å²) < 4.78 is 0. The third-order valence-corrected chi connectivity index (χ3v) is 4.30. The van der Waals surface area contributed by atoms with Crippen LogP contribution in [0.15, 0.2) is 17.4 Å². The molecule has 1 unspecified atom stereocenters. The molecule has 2 heterocycles. The second-order valence-electron chi connectivity index (χ2n) is 4.24. The predicted octanol–water partition coefficient (Wildman–Crippen LogP) is 3.34. The number of piperidine rings is 1. The van der Waals surface area contributed by atoms with Gasteiger partial charge in [-0.3, -0.25) is 0 Å². The Hall–Kier alpha value is -0.290. The molecule has 1 atom stereocenters. The molecule has 1 fully saturated rings. The zero-order valence-corrected chi connectivity index (χ0v) is 12.5. The minimum Gasteiger partial charge on any atom is -0.353 e. The maximum Gasteiger partial charge on any atom is 0.133 e. The van der Waals surface area contributed by atoms with E-state index in [1.165, 1.54) is 25.7 Å². The summed E-state index contributed by atoms with van der Waals surface area (Å²) in [6, 6.07) is 2.74. The minimum absolute atomic E-state index is 0.632. The highest BCUT2D eigenvalue weighted by Gasteiger charge is 2.23. The first-order chi connectivity index (χ1) is 8.35. The van der Waals surface area contributed by atoms with Gasteiger partial charge in [0, 0.05) is 24.0 Å². The fourth-order valence-corrected chi connectivity index (χ4v) is 3.23. The summed E-state index contributed by atoms with van der Waals surface area (Å²) in [7, 11) is 0. The number of thioether (sulfide) groups is 1. The lowest BCUT2D eigenvalue weighted by Gasteiger charge is -2.36. The zero-order chi connectivity index (χ0) is 12.1. The molecular formula is C12H18BrN3S. The SMILES string of the molecule is CSc1cc(N2CCCCC2CCBr)ncn1. The molecule has 0 amide bonds. The number of alkyl halides is 1. The van der Waals surface area contributed by atoms with Crippen molar-refractivity contribution in [1.29, 1.82) is 0 Å². The van der Waals surface area contributed by atoms with Crippen molar-refractivity contribution in [2.45, 2.75) is 36.8 Å². The number of hydrogen-bond acceptors (Lipinski definition) is 4. The lowest BCUT2D eigenvalue weighted by molar-refractivity contribution is 0.449. The van der Waals surface area contributed by atoms with E-state index in [0.29, 0.717) is 6.04 Å². The van der Waals surface area contributed by atoms with Crippen molar-refractivity contribution in [3.05, 3.63) is 12.4 Å². The van der Waals surface area contributed by atoms with Crippen LogP contribution in [0.4, 0.5) is 5.82 Å². The summed E-state index contributed by atoms with van der Waals surface area (Å²) in [5.74, 6) is 1.09. The van der Waals surface area contributed by atoms with Gasteiger partial charge in [0.1, 0.15) is 17.2 Å². The first kappa shape index (κ1) is 13.1. The van der Waals surface area contributed by atoms with Gasteiger partial charge in [-0.25, -0.2) is 9.97 Å². The number of aromatic nitrogens is 2. The number of hydrogen-bond donors (Lipinski definition) is 0. The smallest absolute Gasteiger partial charge is 0.133 e. The molecular weight excluding hydrogens is 298 g/mol. The Morgan fingerprint density at radius 1 is 1.47 bits per heavy atom. The number of rotatable bonds is 4. The molecule has 0 bridgehead atoms. The number of nitrogens with zero attached hydrogens (tertiary/aromatic N) is 3. The molecule has 17 heavy (non-hydrogen) atoms. The number of anilines is 1. The van der Waals surface area contributed by atoms with Crippen molar-refractivity contribution < 1.29 is 0 Å². The van der Waals surface area contributed by atoms with Crippen LogP contribution in [-0.4, -0.2) is 34.1 Å². The molecule has 5 heteroatoms. The average molecular weight is 316 g/mol. The van der Waals surface area contributed by atoms with Crippen LogP contribution in [0.5, 0.6) is 0 Å². The van der Waals surface area contributed by atoms with Crippen LogP contribution in [0.3, 0.4) is 0 Å². The summed E-state index contributed by atoms with van der Waals surface area (Å²) in [4.78, 5) is 11.1. The van der Waals surface area contributed by atoms with Crippen LogP contribution < -0.4 is 4.90 Å². The van der Waals surface area contributed by atoms with Crippen LogP contribution in [0.25, 0.3) is 0 Å². The van der Waals surface area contributed by atoms with E-state index >= 15 is 0 Å². The van der Waals surface area contributed by atoms with Crippen LogP contribution in [-0.2, 0) is 0 Å². The standard InChI is InChI=1S/C12H18BrN3S/c1-17-12-8-11(14-9-15-12)16-7-3-2-4-10(16)5-6-13/h8-10H,2-7H2,1H3. The first-order valence-corrected chi connectivity index (χ1v) is 8.38. The summed E-state index contributed by atoms with van der Waals surface area (Å²) in [6.07, 6.45) is 8.83. The quantitative estimate of drug-likeness (QED) is 0.484. The van der Waals surface area contributed by atoms with Crippen molar-refractivity contribution in [2.75, 3.05) is 23.0 Å². The van der Waals surface area contributed by atoms with Gasteiger partial charge in [-0.2, -0.15) is 0 Å². The van der Waals surface area contributed by atoms with Gasteiger partial charge in [0.05, 0.1) is 0 Å². The largest absolute Gasteiger partial charge is 0.353 e. The zero-order valence-electron chi connectivity index (χ0n) is 10.1. The number of halogens is 1. The van der Waals surface area contributed by atoms with E-state index in [2.05, 4.69) is 43.1 Å². The highest BCUT2D eigenvalue weighted by Crippen LogP contribution is 2.26. The third-order valence-electron chi connectivity index (χ3n) is 3.20. The Bertz CT molecular complexity index is 359. The topological polar surface area (TPSA) is 29.0 Å². The molecule has 0 spiro atoms. The lowest BCUT2D eigenvalue weighted by Crippen LogP contribution is -2.40. The third kappa shape index (κ3) is 3.35. The predicted molar refractivity (Wildman–Crippen MR) is 77.2 cm³/mol. The normalized spacial score (nSPS) is 20.6. The van der Waals surface area contributed by atoms with Gasteiger partial charge in [-0.05, 0) is 31.9 Å². The van der Waals surface area contributed by atoms with E-state index in [1.807, 2.05) is 0 Å². The van der Waals surface area contributed by atoms with Crippen molar-refractivity contribution in [1.82, 2.24) is 9.97 Å². The molecule has 1 aliphatic heterocycles. The monoisotopic (exact) mass is 315 g/mol. The van der Waals surface area contributed by atoms with E-state index in [0.717, 1.165) is 22.7 Å². The van der Waals surface area contributed by atoms with E-state index in [4.69, 9.17) is 0 Å². The van der Waals surface area contributed by atoms with Crippen molar-refractivity contribution >= 4 is 33.5 Å². The Morgan fingerprint density at radius 3 is 3.12 bits per heavy atom. The van der Waals surface area contributed by atoms with Gasteiger partial charge in [-0.1, -0.05) is 15.9 Å². The average Bonchev–Trinajstić information content (AvgIpc) is 2.40. The van der Waals surface area contributed by atoms with Crippen molar-refractivity contribution in [2.24, 2.45) is 0 Å². The lowest BCUT2D eigenvalue weighted by atomic mass is 10.0. The minimum atomic E-state index is 0.632.